The molecule has 0 atom stereocenters. The Morgan fingerprint density at radius 3 is 2.62 bits per heavy atom. The first kappa shape index (κ1) is 15.4. The Morgan fingerprint density at radius 2 is 1.90 bits per heavy atom. The standard InChI is InChI=1S/C16H19ClN2O2/c1-3-10-18-16-9-8-12(17)13(19-16)11-21-15-7-5-4-6-14(15)20-2/h4-9H,3,10-11H2,1-2H3,(H,18,19). The summed E-state index contributed by atoms with van der Waals surface area (Å²) in [6.45, 7) is 3.27. The Balaban J connectivity index is 2.08. The minimum Gasteiger partial charge on any atom is -0.493 e. The van der Waals surface area contributed by atoms with Crippen LogP contribution >= 0.6 is 11.6 Å². The summed E-state index contributed by atoms with van der Waals surface area (Å²) in [6.07, 6.45) is 1.04. The van der Waals surface area contributed by atoms with E-state index >= 15 is 0 Å². The molecule has 4 nitrogen and oxygen atoms in total. The van der Waals surface area contributed by atoms with Gasteiger partial charge in [-0.3, -0.25) is 0 Å². The Kier molecular flexibility index (Phi) is 5.69. The SMILES string of the molecule is CCCNc1ccc(Cl)c(COc2ccccc2OC)n1. The molecule has 0 bridgehead atoms. The molecule has 0 spiro atoms. The summed E-state index contributed by atoms with van der Waals surface area (Å²) in [6, 6.07) is 11.2. The van der Waals surface area contributed by atoms with Crippen LogP contribution in [0.3, 0.4) is 0 Å². The molecule has 2 rings (SSSR count). The van der Waals surface area contributed by atoms with E-state index in [1.165, 1.54) is 0 Å². The van der Waals surface area contributed by atoms with E-state index in [4.69, 9.17) is 21.1 Å². The number of nitrogens with zero attached hydrogens (tertiary/aromatic N) is 1. The number of ether oxygens (including phenoxy) is 2. The molecular weight excluding hydrogens is 288 g/mol. The zero-order valence-corrected chi connectivity index (χ0v) is 13.0. The van der Waals surface area contributed by atoms with Gasteiger partial charge in [0, 0.05) is 6.54 Å². The Morgan fingerprint density at radius 1 is 1.14 bits per heavy atom. The van der Waals surface area contributed by atoms with Crippen molar-refractivity contribution in [1.82, 2.24) is 4.98 Å². The third-order valence-corrected chi connectivity index (χ3v) is 3.25. The van der Waals surface area contributed by atoms with Gasteiger partial charge in [-0.15, -0.1) is 0 Å². The topological polar surface area (TPSA) is 43.4 Å². The smallest absolute Gasteiger partial charge is 0.161 e. The van der Waals surface area contributed by atoms with E-state index in [-0.39, 0.29) is 0 Å². The number of halogens is 1. The highest BCUT2D eigenvalue weighted by molar-refractivity contribution is 6.31. The van der Waals surface area contributed by atoms with Crippen molar-refractivity contribution < 1.29 is 9.47 Å². The Bertz CT molecular complexity index is 590. The van der Waals surface area contributed by atoms with E-state index in [0.717, 1.165) is 18.8 Å². The average Bonchev–Trinajstić information content (AvgIpc) is 2.53. The summed E-state index contributed by atoms with van der Waals surface area (Å²) in [7, 11) is 1.61. The molecule has 0 aliphatic rings. The third kappa shape index (κ3) is 4.26. The molecule has 0 aliphatic carbocycles. The van der Waals surface area contributed by atoms with Crippen molar-refractivity contribution in [1.29, 1.82) is 0 Å². The fourth-order valence-corrected chi connectivity index (χ4v) is 1.98. The van der Waals surface area contributed by atoms with Crippen LogP contribution in [-0.4, -0.2) is 18.6 Å². The van der Waals surface area contributed by atoms with Crippen LogP contribution in [0.5, 0.6) is 11.5 Å². The molecule has 5 heteroatoms. The summed E-state index contributed by atoms with van der Waals surface area (Å²) in [5.41, 5.74) is 0.698. The van der Waals surface area contributed by atoms with E-state index in [0.29, 0.717) is 28.8 Å². The molecule has 0 amide bonds. The van der Waals surface area contributed by atoms with Crippen LogP contribution in [0.25, 0.3) is 0 Å². The van der Waals surface area contributed by atoms with Crippen LogP contribution in [0.4, 0.5) is 5.82 Å². The Labute approximate surface area is 130 Å². The molecule has 0 aliphatic heterocycles. The number of rotatable bonds is 7. The number of hydrogen-bond donors (Lipinski definition) is 1. The normalized spacial score (nSPS) is 10.2. The highest BCUT2D eigenvalue weighted by Gasteiger charge is 2.07. The average molecular weight is 307 g/mol. The number of anilines is 1. The first-order chi connectivity index (χ1) is 10.2. The van der Waals surface area contributed by atoms with Crippen molar-refractivity contribution in [3.05, 3.63) is 47.1 Å². The lowest BCUT2D eigenvalue weighted by Gasteiger charge is -2.12. The molecule has 112 valence electrons. The second-order valence-corrected chi connectivity index (χ2v) is 4.90. The first-order valence-electron chi connectivity index (χ1n) is 6.89. The third-order valence-electron chi connectivity index (χ3n) is 2.91. The number of methoxy groups -OCH3 is 1. The fourth-order valence-electron chi connectivity index (χ4n) is 1.82. The van der Waals surface area contributed by atoms with E-state index in [1.807, 2.05) is 36.4 Å². The van der Waals surface area contributed by atoms with Crippen LogP contribution < -0.4 is 14.8 Å². The molecule has 0 saturated heterocycles. The Hall–Kier alpha value is -1.94. The molecule has 1 aromatic heterocycles. The highest BCUT2D eigenvalue weighted by Crippen LogP contribution is 2.27. The van der Waals surface area contributed by atoms with Crippen LogP contribution in [0.2, 0.25) is 5.02 Å². The zero-order valence-electron chi connectivity index (χ0n) is 12.2. The lowest BCUT2D eigenvalue weighted by molar-refractivity contribution is 0.281. The number of aromatic nitrogens is 1. The maximum absolute atomic E-state index is 6.17. The molecule has 1 N–H and O–H groups in total. The van der Waals surface area contributed by atoms with Gasteiger partial charge >= 0.3 is 0 Å². The molecular formula is C16H19ClN2O2. The second kappa shape index (κ2) is 7.74. The minimum atomic E-state index is 0.293. The number of para-hydroxylation sites is 2. The van der Waals surface area contributed by atoms with Gasteiger partial charge in [-0.1, -0.05) is 30.7 Å². The molecule has 1 aromatic carbocycles. The molecule has 0 radical (unpaired) electrons. The number of pyridine rings is 1. The van der Waals surface area contributed by atoms with E-state index in [1.54, 1.807) is 7.11 Å². The van der Waals surface area contributed by atoms with Gasteiger partial charge in [-0.05, 0) is 30.7 Å². The van der Waals surface area contributed by atoms with Crippen LogP contribution in [-0.2, 0) is 6.61 Å². The lowest BCUT2D eigenvalue weighted by atomic mass is 10.3. The lowest BCUT2D eigenvalue weighted by Crippen LogP contribution is -2.06. The molecule has 0 saturated carbocycles. The van der Waals surface area contributed by atoms with E-state index in [2.05, 4.69) is 17.2 Å². The van der Waals surface area contributed by atoms with Gasteiger partial charge in [0.05, 0.1) is 17.8 Å². The van der Waals surface area contributed by atoms with Gasteiger partial charge in [0.2, 0.25) is 0 Å². The minimum absolute atomic E-state index is 0.293. The predicted molar refractivity (Wildman–Crippen MR) is 85.4 cm³/mol. The molecule has 1 heterocycles. The summed E-state index contributed by atoms with van der Waals surface area (Å²) >= 11 is 6.17. The number of hydrogen-bond acceptors (Lipinski definition) is 4. The van der Waals surface area contributed by atoms with Gasteiger partial charge in [0.1, 0.15) is 12.4 Å². The summed E-state index contributed by atoms with van der Waals surface area (Å²) in [5.74, 6) is 2.17. The number of nitrogens with one attached hydrogen (secondary N) is 1. The van der Waals surface area contributed by atoms with Crippen LogP contribution in [0.15, 0.2) is 36.4 Å². The number of benzene rings is 1. The largest absolute Gasteiger partial charge is 0.493 e. The molecule has 0 fully saturated rings. The quantitative estimate of drug-likeness (QED) is 0.834. The summed E-state index contributed by atoms with van der Waals surface area (Å²) < 4.78 is 11.0. The molecule has 0 unspecified atom stereocenters. The van der Waals surface area contributed by atoms with Crippen molar-refractivity contribution in [3.8, 4) is 11.5 Å². The predicted octanol–water partition coefficient (Wildman–Crippen LogP) is 4.14. The van der Waals surface area contributed by atoms with E-state index < -0.39 is 0 Å². The zero-order chi connectivity index (χ0) is 15.1. The molecule has 21 heavy (non-hydrogen) atoms. The van der Waals surface area contributed by atoms with Gasteiger partial charge in [-0.2, -0.15) is 0 Å². The maximum atomic E-state index is 6.17. The first-order valence-corrected chi connectivity index (χ1v) is 7.27. The van der Waals surface area contributed by atoms with Gasteiger partial charge < -0.3 is 14.8 Å². The molecule has 2 aromatic rings. The van der Waals surface area contributed by atoms with Gasteiger partial charge in [0.25, 0.3) is 0 Å². The van der Waals surface area contributed by atoms with Gasteiger partial charge in [0.15, 0.2) is 11.5 Å². The van der Waals surface area contributed by atoms with Crippen molar-refractivity contribution in [2.75, 3.05) is 19.0 Å². The van der Waals surface area contributed by atoms with Crippen molar-refractivity contribution in [2.24, 2.45) is 0 Å². The highest BCUT2D eigenvalue weighted by atomic mass is 35.5. The summed E-state index contributed by atoms with van der Waals surface area (Å²) in [4.78, 5) is 4.47. The summed E-state index contributed by atoms with van der Waals surface area (Å²) in [5, 5.41) is 3.82. The van der Waals surface area contributed by atoms with E-state index in [9.17, 15) is 0 Å². The van der Waals surface area contributed by atoms with Crippen molar-refractivity contribution in [3.63, 3.8) is 0 Å². The monoisotopic (exact) mass is 306 g/mol. The maximum Gasteiger partial charge on any atom is 0.161 e. The van der Waals surface area contributed by atoms with Crippen LogP contribution in [0, 0.1) is 0 Å². The van der Waals surface area contributed by atoms with Crippen molar-refractivity contribution >= 4 is 17.4 Å². The van der Waals surface area contributed by atoms with Crippen molar-refractivity contribution in [2.45, 2.75) is 20.0 Å². The van der Waals surface area contributed by atoms with Crippen LogP contribution in [0.1, 0.15) is 19.0 Å². The second-order valence-electron chi connectivity index (χ2n) is 4.49. The van der Waals surface area contributed by atoms with Gasteiger partial charge in [-0.25, -0.2) is 4.98 Å². The fraction of sp³-hybridized carbons (Fsp3) is 0.312.